The van der Waals surface area contributed by atoms with Gasteiger partial charge in [-0.15, -0.1) is 11.3 Å². The van der Waals surface area contributed by atoms with Crippen molar-refractivity contribution in [1.29, 1.82) is 5.26 Å². The molecule has 1 fully saturated rings. The van der Waals surface area contributed by atoms with Gasteiger partial charge in [-0.2, -0.15) is 5.26 Å². The maximum absolute atomic E-state index is 12.8. The summed E-state index contributed by atoms with van der Waals surface area (Å²) in [5, 5.41) is 23.4. The topological polar surface area (TPSA) is 98.5 Å². The molecule has 2 aromatic carbocycles. The fourth-order valence-corrected chi connectivity index (χ4v) is 5.95. The van der Waals surface area contributed by atoms with E-state index in [0.29, 0.717) is 37.2 Å². The first-order valence-electron chi connectivity index (χ1n) is 12.5. The number of thiazole rings is 1. The van der Waals surface area contributed by atoms with Gasteiger partial charge in [0, 0.05) is 24.8 Å². The zero-order chi connectivity index (χ0) is 25.2. The smallest absolute Gasteiger partial charge is 0.317 e. The molecule has 2 aliphatic rings. The van der Waals surface area contributed by atoms with Crippen molar-refractivity contribution in [3.63, 3.8) is 0 Å². The number of piperidine rings is 1. The molecule has 1 atom stereocenters. The van der Waals surface area contributed by atoms with Crippen molar-refractivity contribution >= 4 is 17.4 Å². The summed E-state index contributed by atoms with van der Waals surface area (Å²) in [6, 6.07) is 14.0. The summed E-state index contributed by atoms with van der Waals surface area (Å²) < 4.78 is 5.75. The molecule has 8 heteroatoms. The van der Waals surface area contributed by atoms with Crippen LogP contribution in [0.3, 0.4) is 0 Å². The molecule has 5 rings (SSSR count). The average Bonchev–Trinajstić information content (AvgIpc) is 3.52. The number of aliphatic hydroxyl groups excluding tert-OH is 1. The Morgan fingerprint density at radius 2 is 2.06 bits per heavy atom. The van der Waals surface area contributed by atoms with Crippen molar-refractivity contribution in [2.75, 3.05) is 13.1 Å². The number of ether oxygens (including phenoxy) is 1. The van der Waals surface area contributed by atoms with Gasteiger partial charge in [0.15, 0.2) is 0 Å². The maximum Gasteiger partial charge on any atom is 0.317 e. The number of rotatable bonds is 5. The number of aromatic nitrogens is 1. The maximum atomic E-state index is 12.8. The van der Waals surface area contributed by atoms with E-state index in [0.717, 1.165) is 39.4 Å². The number of carbonyl (C=O) groups is 1. The predicted octanol–water partition coefficient (Wildman–Crippen LogP) is 5.29. The largest absolute Gasteiger partial charge is 0.490 e. The molecular weight excluding hydrogens is 472 g/mol. The Hall–Kier alpha value is -3.41. The lowest BCUT2D eigenvalue weighted by molar-refractivity contribution is 0.0928. The molecule has 186 valence electrons. The molecule has 2 heterocycles. The Morgan fingerprint density at radius 1 is 1.25 bits per heavy atom. The van der Waals surface area contributed by atoms with Crippen LogP contribution in [0, 0.1) is 11.3 Å². The molecule has 1 aliphatic heterocycles. The second kappa shape index (κ2) is 10.3. The van der Waals surface area contributed by atoms with Crippen molar-refractivity contribution in [3.8, 4) is 32.8 Å². The Labute approximate surface area is 215 Å². The first kappa shape index (κ1) is 24.3. The van der Waals surface area contributed by atoms with Crippen molar-refractivity contribution in [2.45, 2.75) is 57.8 Å². The number of nitrogens with zero attached hydrogens (tertiary/aromatic N) is 3. The van der Waals surface area contributed by atoms with Gasteiger partial charge in [-0.3, -0.25) is 0 Å². The predicted molar refractivity (Wildman–Crippen MR) is 140 cm³/mol. The zero-order valence-corrected chi connectivity index (χ0v) is 21.3. The van der Waals surface area contributed by atoms with Crippen molar-refractivity contribution in [3.05, 3.63) is 59.3 Å². The number of fused-ring (bicyclic) bond motifs is 1. The Morgan fingerprint density at radius 3 is 2.81 bits per heavy atom. The lowest BCUT2D eigenvalue weighted by Crippen LogP contribution is -2.46. The normalized spacial score (nSPS) is 17.6. The highest BCUT2D eigenvalue weighted by Crippen LogP contribution is 2.41. The lowest BCUT2D eigenvalue weighted by atomic mass is 10.0. The van der Waals surface area contributed by atoms with Crippen LogP contribution in [0.2, 0.25) is 0 Å². The number of benzene rings is 2. The van der Waals surface area contributed by atoms with Crippen LogP contribution in [0.1, 0.15) is 55.8 Å². The number of likely N-dealkylation sites (tertiary alicyclic amines) is 1. The highest BCUT2D eigenvalue weighted by atomic mass is 32.1. The zero-order valence-electron chi connectivity index (χ0n) is 20.5. The van der Waals surface area contributed by atoms with Crippen LogP contribution in [0.4, 0.5) is 4.79 Å². The first-order valence-corrected chi connectivity index (χ1v) is 13.3. The van der Waals surface area contributed by atoms with Crippen LogP contribution in [-0.2, 0) is 6.42 Å². The van der Waals surface area contributed by atoms with E-state index < -0.39 is 0 Å². The molecule has 0 spiro atoms. The van der Waals surface area contributed by atoms with Gasteiger partial charge in [0.25, 0.3) is 0 Å². The molecule has 7 nitrogen and oxygen atoms in total. The Bertz CT molecular complexity index is 1300. The van der Waals surface area contributed by atoms with Crippen LogP contribution < -0.4 is 10.1 Å². The Balaban J connectivity index is 1.35. The highest BCUT2D eigenvalue weighted by Gasteiger charge is 2.29. The van der Waals surface area contributed by atoms with E-state index in [-0.39, 0.29) is 24.3 Å². The number of aliphatic hydroxyl groups is 1. The van der Waals surface area contributed by atoms with Crippen LogP contribution in [-0.4, -0.2) is 46.3 Å². The minimum atomic E-state index is -0.300. The standard InChI is InChI=1S/C28H30N4O3S/c1-17(2)35-25-9-6-18(14-19(25)15-29)27-30-16-26(36-27)23-5-3-4-22-21(23)7-8-24(22)31-28(34)32-12-10-20(33)11-13-32/h3-6,9,14,16-17,20,24,33H,7-8,10-13H2,1-2H3,(H,31,34)/t24-/m1/s1. The second-order valence-electron chi connectivity index (χ2n) is 9.65. The Kier molecular flexibility index (Phi) is 6.95. The SMILES string of the molecule is CC(C)Oc1ccc(-c2ncc(-c3cccc4c3CC[C@H]4NC(=O)N3CCC(O)CC3)s2)cc1C#N. The third-order valence-electron chi connectivity index (χ3n) is 6.80. The number of carbonyl (C=O) groups excluding carboxylic acids is 1. The van der Waals surface area contributed by atoms with Gasteiger partial charge in [-0.1, -0.05) is 18.2 Å². The van der Waals surface area contributed by atoms with E-state index in [1.807, 2.05) is 44.3 Å². The second-order valence-corrected chi connectivity index (χ2v) is 10.7. The summed E-state index contributed by atoms with van der Waals surface area (Å²) in [6.45, 7) is 5.06. The quantitative estimate of drug-likeness (QED) is 0.494. The summed E-state index contributed by atoms with van der Waals surface area (Å²) in [7, 11) is 0. The van der Waals surface area contributed by atoms with E-state index >= 15 is 0 Å². The fourth-order valence-electron chi connectivity index (χ4n) is 4.98. The van der Waals surface area contributed by atoms with Gasteiger partial charge < -0.3 is 20.1 Å². The molecule has 2 N–H and O–H groups in total. The van der Waals surface area contributed by atoms with E-state index in [4.69, 9.17) is 4.74 Å². The molecule has 0 bridgehead atoms. The summed E-state index contributed by atoms with van der Waals surface area (Å²) in [4.78, 5) is 20.3. The van der Waals surface area contributed by atoms with Gasteiger partial charge >= 0.3 is 6.03 Å². The van der Waals surface area contributed by atoms with Crippen molar-refractivity contribution in [1.82, 2.24) is 15.2 Å². The fraction of sp³-hybridized carbons (Fsp3) is 0.393. The third kappa shape index (κ3) is 4.95. The minimum absolute atomic E-state index is 0.00375. The third-order valence-corrected chi connectivity index (χ3v) is 7.88. The van der Waals surface area contributed by atoms with E-state index in [1.54, 1.807) is 16.2 Å². The minimum Gasteiger partial charge on any atom is -0.490 e. The van der Waals surface area contributed by atoms with E-state index in [2.05, 4.69) is 28.5 Å². The van der Waals surface area contributed by atoms with Gasteiger partial charge in [0.05, 0.1) is 28.7 Å². The first-order chi connectivity index (χ1) is 17.4. The van der Waals surface area contributed by atoms with Crippen LogP contribution in [0.5, 0.6) is 5.75 Å². The van der Waals surface area contributed by atoms with Gasteiger partial charge in [-0.05, 0) is 74.4 Å². The van der Waals surface area contributed by atoms with E-state index in [1.165, 1.54) is 5.56 Å². The number of hydrogen-bond donors (Lipinski definition) is 2. The summed E-state index contributed by atoms with van der Waals surface area (Å²) in [5.74, 6) is 0.586. The van der Waals surface area contributed by atoms with Crippen LogP contribution >= 0.6 is 11.3 Å². The van der Waals surface area contributed by atoms with Crippen LogP contribution in [0.15, 0.2) is 42.6 Å². The number of nitrogens with one attached hydrogen (secondary N) is 1. The molecule has 2 amide bonds. The molecule has 1 aromatic heterocycles. The molecular formula is C28H30N4O3S. The molecule has 36 heavy (non-hydrogen) atoms. The molecule has 1 aliphatic carbocycles. The van der Waals surface area contributed by atoms with Gasteiger partial charge in [-0.25, -0.2) is 9.78 Å². The van der Waals surface area contributed by atoms with Gasteiger partial charge in [0.2, 0.25) is 0 Å². The molecule has 0 radical (unpaired) electrons. The number of nitriles is 1. The van der Waals surface area contributed by atoms with Crippen molar-refractivity contribution < 1.29 is 14.6 Å². The molecule has 3 aromatic rings. The number of amides is 2. The van der Waals surface area contributed by atoms with E-state index in [9.17, 15) is 15.2 Å². The molecule has 0 saturated carbocycles. The summed E-state index contributed by atoms with van der Waals surface area (Å²) in [6.07, 6.45) is 4.61. The average molecular weight is 503 g/mol. The lowest BCUT2D eigenvalue weighted by Gasteiger charge is -2.30. The van der Waals surface area contributed by atoms with Gasteiger partial charge in [0.1, 0.15) is 16.8 Å². The van der Waals surface area contributed by atoms with Crippen LogP contribution in [0.25, 0.3) is 21.0 Å². The molecule has 0 unspecified atom stereocenters. The number of urea groups is 1. The van der Waals surface area contributed by atoms with Crippen molar-refractivity contribution in [2.24, 2.45) is 0 Å². The summed E-state index contributed by atoms with van der Waals surface area (Å²) in [5.41, 5.74) is 4.96. The summed E-state index contributed by atoms with van der Waals surface area (Å²) >= 11 is 1.60. The molecule has 1 saturated heterocycles. The monoisotopic (exact) mass is 502 g/mol. The highest BCUT2D eigenvalue weighted by molar-refractivity contribution is 7.18. The number of hydrogen-bond acceptors (Lipinski definition) is 6.